The van der Waals surface area contributed by atoms with Crippen LogP contribution in [0.25, 0.3) is 0 Å². The molecule has 8 heteroatoms. The smallest absolute Gasteiger partial charge is 0.243 e. The third-order valence-electron chi connectivity index (χ3n) is 5.01. The van der Waals surface area contributed by atoms with Gasteiger partial charge in [-0.25, -0.2) is 8.42 Å². The number of hydrogen-bond donors (Lipinski definition) is 1. The van der Waals surface area contributed by atoms with Gasteiger partial charge in [-0.05, 0) is 54.8 Å². The summed E-state index contributed by atoms with van der Waals surface area (Å²) in [6.45, 7) is 1.90. The maximum Gasteiger partial charge on any atom is 0.243 e. The molecule has 1 amide bonds. The molecule has 1 N–H and O–H groups in total. The summed E-state index contributed by atoms with van der Waals surface area (Å²) in [5, 5.41) is 2.75. The molecule has 0 unspecified atom stereocenters. The van der Waals surface area contributed by atoms with E-state index in [2.05, 4.69) is 10.3 Å². The number of sulfonamides is 1. The molecule has 1 aromatic heterocycles. The maximum absolute atomic E-state index is 13.4. The van der Waals surface area contributed by atoms with E-state index in [9.17, 15) is 13.2 Å². The molecule has 3 rings (SSSR count). The van der Waals surface area contributed by atoms with Crippen LogP contribution in [-0.4, -0.2) is 43.8 Å². The summed E-state index contributed by atoms with van der Waals surface area (Å²) in [4.78, 5) is 16.9. The van der Waals surface area contributed by atoms with Gasteiger partial charge in [0.2, 0.25) is 15.9 Å². The second-order valence-corrected chi connectivity index (χ2v) is 9.24. The summed E-state index contributed by atoms with van der Waals surface area (Å²) in [6.07, 6.45) is 2.13. The van der Waals surface area contributed by atoms with Crippen LogP contribution in [0, 0.1) is 6.92 Å². The minimum absolute atomic E-state index is 0.126. The molecule has 3 aromatic rings. The third-order valence-corrected chi connectivity index (χ3v) is 6.85. The first-order valence-electron chi connectivity index (χ1n) is 10.3. The van der Waals surface area contributed by atoms with E-state index in [0.717, 1.165) is 5.56 Å². The number of aromatic nitrogens is 1. The molecule has 1 heterocycles. The lowest BCUT2D eigenvalue weighted by Gasteiger charge is -2.22. The molecule has 0 aliphatic heterocycles. The number of hydrogen-bond acceptors (Lipinski definition) is 5. The summed E-state index contributed by atoms with van der Waals surface area (Å²) in [5.74, 6) is 0.213. The third kappa shape index (κ3) is 6.15. The van der Waals surface area contributed by atoms with E-state index in [1.54, 1.807) is 37.4 Å². The van der Waals surface area contributed by atoms with Crippen LogP contribution in [-0.2, 0) is 27.8 Å². The first-order valence-corrected chi connectivity index (χ1v) is 11.7. The predicted molar refractivity (Wildman–Crippen MR) is 123 cm³/mol. The Morgan fingerprint density at radius 1 is 1.06 bits per heavy atom. The molecule has 7 nitrogen and oxygen atoms in total. The van der Waals surface area contributed by atoms with Gasteiger partial charge in [-0.2, -0.15) is 4.31 Å². The van der Waals surface area contributed by atoms with Gasteiger partial charge in [0.15, 0.2) is 0 Å². The summed E-state index contributed by atoms with van der Waals surface area (Å²) in [5.41, 5.74) is 2.40. The van der Waals surface area contributed by atoms with Gasteiger partial charge < -0.3 is 10.1 Å². The number of ether oxygens (including phenoxy) is 1. The number of benzene rings is 2. The molecular weight excluding hydrogens is 426 g/mol. The molecular formula is C24H27N3O4S. The molecule has 0 aliphatic rings. The lowest BCUT2D eigenvalue weighted by atomic mass is 10.1. The van der Waals surface area contributed by atoms with Crippen LogP contribution in [0.2, 0.25) is 0 Å². The van der Waals surface area contributed by atoms with Gasteiger partial charge in [0.1, 0.15) is 5.75 Å². The number of carbonyl (C=O) groups excluding carboxylic acids is 1. The maximum atomic E-state index is 13.4. The lowest BCUT2D eigenvalue weighted by molar-refractivity contribution is -0.121. The molecule has 2 aromatic carbocycles. The van der Waals surface area contributed by atoms with Crippen LogP contribution in [0.15, 0.2) is 77.8 Å². The number of aryl methyl sites for hydroxylation is 1. The number of methoxy groups -OCH3 is 1. The summed E-state index contributed by atoms with van der Waals surface area (Å²) >= 11 is 0. The minimum Gasteiger partial charge on any atom is -0.496 e. The van der Waals surface area contributed by atoms with Gasteiger partial charge in [-0.1, -0.05) is 36.4 Å². The van der Waals surface area contributed by atoms with Crippen LogP contribution in [0.3, 0.4) is 0 Å². The molecule has 0 atom stereocenters. The van der Waals surface area contributed by atoms with Crippen molar-refractivity contribution in [2.45, 2.75) is 24.8 Å². The molecule has 32 heavy (non-hydrogen) atoms. The van der Waals surface area contributed by atoms with Crippen molar-refractivity contribution in [1.82, 2.24) is 14.6 Å². The van der Waals surface area contributed by atoms with Crippen molar-refractivity contribution in [3.8, 4) is 5.75 Å². The number of rotatable bonds is 10. The van der Waals surface area contributed by atoms with Crippen molar-refractivity contribution in [3.05, 3.63) is 89.7 Å². The van der Waals surface area contributed by atoms with Gasteiger partial charge in [-0.3, -0.25) is 9.78 Å². The van der Waals surface area contributed by atoms with E-state index >= 15 is 0 Å². The Kier molecular flexibility index (Phi) is 7.97. The van der Waals surface area contributed by atoms with Crippen molar-refractivity contribution < 1.29 is 17.9 Å². The van der Waals surface area contributed by atoms with Crippen LogP contribution < -0.4 is 10.1 Å². The minimum atomic E-state index is -3.90. The Labute approximate surface area is 189 Å². The van der Waals surface area contributed by atoms with E-state index in [1.807, 2.05) is 36.4 Å². The van der Waals surface area contributed by atoms with E-state index < -0.39 is 15.9 Å². The number of carbonyl (C=O) groups is 1. The quantitative estimate of drug-likeness (QED) is 0.510. The normalized spacial score (nSPS) is 11.3. The van der Waals surface area contributed by atoms with Gasteiger partial charge in [0, 0.05) is 12.7 Å². The molecule has 0 bridgehead atoms. The molecule has 0 spiro atoms. The van der Waals surface area contributed by atoms with Gasteiger partial charge in [0.05, 0.1) is 30.8 Å². The highest BCUT2D eigenvalue weighted by Crippen LogP contribution is 2.24. The fourth-order valence-electron chi connectivity index (χ4n) is 3.25. The van der Waals surface area contributed by atoms with E-state index in [1.165, 1.54) is 17.5 Å². The Morgan fingerprint density at radius 3 is 2.47 bits per heavy atom. The average molecular weight is 454 g/mol. The summed E-state index contributed by atoms with van der Waals surface area (Å²) < 4.78 is 33.3. The van der Waals surface area contributed by atoms with Gasteiger partial charge in [-0.15, -0.1) is 0 Å². The standard InChI is InChI=1S/C24H27N3O4S/c1-19-16-22(11-12-23(19)31-2)32(29,30)27(15-13-20-8-4-3-5-9-20)18-24(28)26-17-21-10-6-7-14-25-21/h3-12,14,16H,13,15,17-18H2,1-2H3,(H,26,28). The highest BCUT2D eigenvalue weighted by Gasteiger charge is 2.27. The predicted octanol–water partition coefficient (Wildman–Crippen LogP) is 2.95. The zero-order chi connectivity index (χ0) is 23.0. The molecule has 0 fully saturated rings. The second-order valence-electron chi connectivity index (χ2n) is 7.30. The Bertz CT molecular complexity index is 1140. The summed E-state index contributed by atoms with van der Waals surface area (Å²) in [7, 11) is -2.36. The summed E-state index contributed by atoms with van der Waals surface area (Å²) in [6, 6.07) is 19.7. The molecule has 0 aliphatic carbocycles. The van der Waals surface area contributed by atoms with E-state index in [0.29, 0.717) is 23.4 Å². The van der Waals surface area contributed by atoms with Crippen LogP contribution in [0.1, 0.15) is 16.8 Å². The number of nitrogens with zero attached hydrogens (tertiary/aromatic N) is 2. The first-order chi connectivity index (χ1) is 15.4. The Hall–Kier alpha value is -3.23. The number of amides is 1. The monoisotopic (exact) mass is 453 g/mol. The van der Waals surface area contributed by atoms with Crippen molar-refractivity contribution in [2.24, 2.45) is 0 Å². The highest BCUT2D eigenvalue weighted by atomic mass is 32.2. The zero-order valence-corrected chi connectivity index (χ0v) is 19.0. The fraction of sp³-hybridized carbons (Fsp3) is 0.250. The topological polar surface area (TPSA) is 88.6 Å². The second kappa shape index (κ2) is 10.9. The van der Waals surface area contributed by atoms with Crippen molar-refractivity contribution >= 4 is 15.9 Å². The number of pyridine rings is 1. The van der Waals surface area contributed by atoms with E-state index in [4.69, 9.17) is 4.74 Å². The van der Waals surface area contributed by atoms with Crippen LogP contribution in [0.4, 0.5) is 0 Å². The van der Waals surface area contributed by atoms with Crippen molar-refractivity contribution in [2.75, 3.05) is 20.2 Å². The van der Waals surface area contributed by atoms with Gasteiger partial charge in [0.25, 0.3) is 0 Å². The van der Waals surface area contributed by atoms with Gasteiger partial charge >= 0.3 is 0 Å². The Morgan fingerprint density at radius 2 is 1.81 bits per heavy atom. The molecule has 0 radical (unpaired) electrons. The van der Waals surface area contributed by atoms with Crippen molar-refractivity contribution in [3.63, 3.8) is 0 Å². The SMILES string of the molecule is COc1ccc(S(=O)(=O)N(CCc2ccccc2)CC(=O)NCc2ccccn2)cc1C. The first kappa shape index (κ1) is 23.4. The molecule has 168 valence electrons. The molecule has 0 saturated heterocycles. The van der Waals surface area contributed by atoms with E-state index in [-0.39, 0.29) is 24.5 Å². The average Bonchev–Trinajstić information content (AvgIpc) is 2.81. The zero-order valence-electron chi connectivity index (χ0n) is 18.2. The Balaban J connectivity index is 1.78. The lowest BCUT2D eigenvalue weighted by Crippen LogP contribution is -2.41. The van der Waals surface area contributed by atoms with Crippen LogP contribution in [0.5, 0.6) is 5.75 Å². The fourth-order valence-corrected chi connectivity index (χ4v) is 4.73. The highest BCUT2D eigenvalue weighted by molar-refractivity contribution is 7.89. The largest absolute Gasteiger partial charge is 0.496 e. The van der Waals surface area contributed by atoms with Crippen LogP contribution >= 0.6 is 0 Å². The number of nitrogens with one attached hydrogen (secondary N) is 1. The van der Waals surface area contributed by atoms with Crippen molar-refractivity contribution in [1.29, 1.82) is 0 Å². The molecule has 0 saturated carbocycles.